The van der Waals surface area contributed by atoms with E-state index in [0.29, 0.717) is 6.54 Å². The van der Waals surface area contributed by atoms with Crippen molar-refractivity contribution in [2.24, 2.45) is 5.73 Å². The van der Waals surface area contributed by atoms with E-state index in [-0.39, 0.29) is 5.75 Å². The Morgan fingerprint density at radius 1 is 0.778 bits per heavy atom. The summed E-state index contributed by atoms with van der Waals surface area (Å²) in [7, 11) is 0. The first kappa shape index (κ1) is 18.9. The number of benzene rings is 3. The van der Waals surface area contributed by atoms with Crippen LogP contribution in [0.2, 0.25) is 0 Å². The first-order valence-corrected chi connectivity index (χ1v) is 9.60. The summed E-state index contributed by atoms with van der Waals surface area (Å²) >= 11 is 0. The van der Waals surface area contributed by atoms with Crippen molar-refractivity contribution in [2.45, 2.75) is 26.2 Å². The van der Waals surface area contributed by atoms with Crippen molar-refractivity contribution in [3.63, 3.8) is 0 Å². The molecule has 138 valence electrons. The van der Waals surface area contributed by atoms with Crippen LogP contribution in [0.25, 0.3) is 11.1 Å². The highest BCUT2D eigenvalue weighted by atomic mass is 16.3. The molecular weight excluding hydrogens is 330 g/mol. The zero-order valence-electron chi connectivity index (χ0n) is 15.9. The summed E-state index contributed by atoms with van der Waals surface area (Å²) in [6.07, 6.45) is 2.94. The average molecular weight is 357 g/mol. The molecule has 0 aliphatic rings. The molecule has 0 atom stereocenters. The third kappa shape index (κ3) is 4.66. The molecule has 2 nitrogen and oxygen atoms in total. The van der Waals surface area contributed by atoms with E-state index >= 15 is 0 Å². The Morgan fingerprint density at radius 2 is 1.37 bits per heavy atom. The predicted molar refractivity (Wildman–Crippen MR) is 115 cm³/mol. The number of aryl methyl sites for hydroxylation is 1. The Bertz CT molecular complexity index is 878. The SMILES string of the molecule is CC/C(=C(/c1ccc(O)cc1)c1ccc(CCCN)cc1)c1ccccc1. The summed E-state index contributed by atoms with van der Waals surface area (Å²) in [5, 5.41) is 9.71. The minimum atomic E-state index is 0.285. The smallest absolute Gasteiger partial charge is 0.115 e. The fourth-order valence-electron chi connectivity index (χ4n) is 3.45. The van der Waals surface area contributed by atoms with Crippen LogP contribution in [-0.4, -0.2) is 11.7 Å². The van der Waals surface area contributed by atoms with Crippen LogP contribution in [0.15, 0.2) is 78.9 Å². The van der Waals surface area contributed by atoms with Crippen LogP contribution in [0.4, 0.5) is 0 Å². The molecule has 0 aliphatic carbocycles. The van der Waals surface area contributed by atoms with Crippen LogP contribution in [0.5, 0.6) is 5.75 Å². The first-order chi connectivity index (χ1) is 13.2. The van der Waals surface area contributed by atoms with E-state index in [9.17, 15) is 5.11 Å². The summed E-state index contributed by atoms with van der Waals surface area (Å²) in [6, 6.07) is 26.8. The van der Waals surface area contributed by atoms with Crippen LogP contribution in [0, 0.1) is 0 Å². The normalized spacial score (nSPS) is 11.9. The topological polar surface area (TPSA) is 46.2 Å². The molecule has 0 amide bonds. The van der Waals surface area contributed by atoms with Gasteiger partial charge in [0.05, 0.1) is 0 Å². The average Bonchev–Trinajstić information content (AvgIpc) is 2.72. The molecule has 3 aromatic rings. The molecule has 0 spiro atoms. The number of aromatic hydroxyl groups is 1. The lowest BCUT2D eigenvalue weighted by atomic mass is 9.88. The number of hydrogen-bond donors (Lipinski definition) is 2. The fourth-order valence-corrected chi connectivity index (χ4v) is 3.45. The summed E-state index contributed by atoms with van der Waals surface area (Å²) < 4.78 is 0. The van der Waals surface area contributed by atoms with E-state index in [1.54, 1.807) is 12.1 Å². The number of nitrogens with two attached hydrogens (primary N) is 1. The van der Waals surface area contributed by atoms with Crippen LogP contribution in [0.1, 0.15) is 42.0 Å². The summed E-state index contributed by atoms with van der Waals surface area (Å²) in [4.78, 5) is 0. The molecular formula is C25H27NO. The zero-order valence-corrected chi connectivity index (χ0v) is 15.9. The van der Waals surface area contributed by atoms with Gasteiger partial charge in [0.1, 0.15) is 5.75 Å². The number of phenols is 1. The molecule has 0 aromatic heterocycles. The predicted octanol–water partition coefficient (Wildman–Crippen LogP) is 5.65. The lowest BCUT2D eigenvalue weighted by Gasteiger charge is -2.17. The van der Waals surface area contributed by atoms with Crippen molar-refractivity contribution >= 4 is 11.1 Å². The van der Waals surface area contributed by atoms with Crippen LogP contribution in [0.3, 0.4) is 0 Å². The maximum atomic E-state index is 9.71. The molecule has 0 aliphatic heterocycles. The summed E-state index contributed by atoms with van der Waals surface area (Å²) in [5.41, 5.74) is 13.0. The lowest BCUT2D eigenvalue weighted by molar-refractivity contribution is 0.475. The van der Waals surface area contributed by atoms with Gasteiger partial charge < -0.3 is 10.8 Å². The van der Waals surface area contributed by atoms with Crippen LogP contribution < -0.4 is 5.73 Å². The third-order valence-electron chi connectivity index (χ3n) is 4.85. The Hall–Kier alpha value is -2.84. The van der Waals surface area contributed by atoms with Gasteiger partial charge in [-0.15, -0.1) is 0 Å². The van der Waals surface area contributed by atoms with Crippen molar-refractivity contribution in [3.8, 4) is 5.75 Å². The molecule has 3 rings (SSSR count). The monoisotopic (exact) mass is 357 g/mol. The summed E-state index contributed by atoms with van der Waals surface area (Å²) in [6.45, 7) is 2.91. The van der Waals surface area contributed by atoms with Gasteiger partial charge in [-0.2, -0.15) is 0 Å². The molecule has 27 heavy (non-hydrogen) atoms. The molecule has 0 bridgehead atoms. The van der Waals surface area contributed by atoms with Crippen LogP contribution in [-0.2, 0) is 6.42 Å². The molecule has 0 saturated carbocycles. The van der Waals surface area contributed by atoms with Gasteiger partial charge in [0.15, 0.2) is 0 Å². The highest BCUT2D eigenvalue weighted by Crippen LogP contribution is 2.35. The lowest BCUT2D eigenvalue weighted by Crippen LogP contribution is -2.00. The standard InChI is InChI=1S/C25H27NO/c1-2-24(20-8-4-3-5-9-20)25(22-14-16-23(27)17-15-22)21-12-10-19(11-13-21)7-6-18-26/h3-5,8-17,27H,2,6-7,18,26H2,1H3/b25-24-. The van der Waals surface area contributed by atoms with E-state index in [1.807, 2.05) is 18.2 Å². The second-order valence-corrected chi connectivity index (χ2v) is 6.71. The Kier molecular flexibility index (Phi) is 6.45. The Labute approximate surface area is 162 Å². The van der Waals surface area contributed by atoms with Gasteiger partial charge in [0, 0.05) is 0 Å². The molecule has 3 N–H and O–H groups in total. The first-order valence-electron chi connectivity index (χ1n) is 9.60. The van der Waals surface area contributed by atoms with Gasteiger partial charge >= 0.3 is 0 Å². The second kappa shape index (κ2) is 9.20. The van der Waals surface area contributed by atoms with Crippen molar-refractivity contribution in [1.29, 1.82) is 0 Å². The van der Waals surface area contributed by atoms with Crippen molar-refractivity contribution < 1.29 is 5.11 Å². The molecule has 0 unspecified atom stereocenters. The highest BCUT2D eigenvalue weighted by Gasteiger charge is 2.13. The van der Waals surface area contributed by atoms with Crippen molar-refractivity contribution in [1.82, 2.24) is 0 Å². The molecule has 0 radical (unpaired) electrons. The van der Waals surface area contributed by atoms with E-state index in [4.69, 9.17) is 5.73 Å². The quantitative estimate of drug-likeness (QED) is 0.537. The van der Waals surface area contributed by atoms with Gasteiger partial charge in [-0.3, -0.25) is 0 Å². The molecule has 0 heterocycles. The number of phenolic OH excluding ortho intramolecular Hbond substituents is 1. The van der Waals surface area contributed by atoms with E-state index in [0.717, 1.165) is 24.8 Å². The molecule has 2 heteroatoms. The van der Waals surface area contributed by atoms with Gasteiger partial charge in [-0.25, -0.2) is 0 Å². The van der Waals surface area contributed by atoms with Gasteiger partial charge in [-0.1, -0.05) is 73.7 Å². The highest BCUT2D eigenvalue weighted by molar-refractivity contribution is 5.98. The minimum absolute atomic E-state index is 0.285. The van der Waals surface area contributed by atoms with E-state index in [1.165, 1.54) is 27.8 Å². The maximum absolute atomic E-state index is 9.71. The summed E-state index contributed by atoms with van der Waals surface area (Å²) in [5.74, 6) is 0.285. The molecule has 3 aromatic carbocycles. The zero-order chi connectivity index (χ0) is 19.1. The van der Waals surface area contributed by atoms with Crippen LogP contribution >= 0.6 is 0 Å². The molecule has 0 fully saturated rings. The van der Waals surface area contributed by atoms with E-state index < -0.39 is 0 Å². The van der Waals surface area contributed by atoms with Gasteiger partial charge in [0.2, 0.25) is 0 Å². The van der Waals surface area contributed by atoms with Gasteiger partial charge in [-0.05, 0) is 71.3 Å². The second-order valence-electron chi connectivity index (χ2n) is 6.71. The minimum Gasteiger partial charge on any atom is -0.508 e. The number of allylic oxidation sites excluding steroid dienone is 1. The Morgan fingerprint density at radius 3 is 1.93 bits per heavy atom. The number of hydrogen-bond acceptors (Lipinski definition) is 2. The van der Waals surface area contributed by atoms with Crippen molar-refractivity contribution in [3.05, 3.63) is 101 Å². The largest absolute Gasteiger partial charge is 0.508 e. The maximum Gasteiger partial charge on any atom is 0.115 e. The number of rotatable bonds is 7. The Balaban J connectivity index is 2.13. The third-order valence-corrected chi connectivity index (χ3v) is 4.85. The van der Waals surface area contributed by atoms with Gasteiger partial charge in [0.25, 0.3) is 0 Å². The van der Waals surface area contributed by atoms with E-state index in [2.05, 4.69) is 55.5 Å². The van der Waals surface area contributed by atoms with Crippen molar-refractivity contribution in [2.75, 3.05) is 6.54 Å². The molecule has 0 saturated heterocycles. The fraction of sp³-hybridized carbons (Fsp3) is 0.200.